The molecule has 1 aromatic heterocycles. The average Bonchev–Trinajstić information content (AvgIpc) is 2.69. The van der Waals surface area contributed by atoms with E-state index in [0.717, 1.165) is 0 Å². The Labute approximate surface area is 167 Å². The Balaban J connectivity index is 1.75. The van der Waals surface area contributed by atoms with Gasteiger partial charge in [-0.05, 0) is 30.3 Å². The second kappa shape index (κ2) is 9.01. The molecule has 28 heavy (non-hydrogen) atoms. The normalized spacial score (nSPS) is 16.4. The number of hydrogen-bond donors (Lipinski definition) is 2. The maximum atomic E-state index is 12.3. The van der Waals surface area contributed by atoms with Crippen molar-refractivity contribution in [3.05, 3.63) is 52.7 Å². The Morgan fingerprint density at radius 3 is 2.71 bits per heavy atom. The minimum Gasteiger partial charge on any atom is -0.478 e. The summed E-state index contributed by atoms with van der Waals surface area (Å²) in [5.74, 6) is -1.24. The fourth-order valence-electron chi connectivity index (χ4n) is 2.83. The topological polar surface area (TPSA) is 101 Å². The zero-order valence-corrected chi connectivity index (χ0v) is 16.0. The molecule has 0 bridgehead atoms. The number of benzene rings is 1. The molecule has 1 fully saturated rings. The number of halogens is 1. The lowest BCUT2D eigenvalue weighted by Crippen LogP contribution is -2.39. The number of amides is 1. The lowest BCUT2D eigenvalue weighted by Gasteiger charge is -2.28. The third kappa shape index (κ3) is 4.98. The van der Waals surface area contributed by atoms with Gasteiger partial charge in [0.05, 0.1) is 37.8 Å². The van der Waals surface area contributed by atoms with Gasteiger partial charge in [0, 0.05) is 24.2 Å². The number of nitrogens with one attached hydrogen (secondary N) is 1. The number of carboxylic acids is 1. The summed E-state index contributed by atoms with van der Waals surface area (Å²) in [6, 6.07) is 7.75. The third-order valence-electron chi connectivity index (χ3n) is 4.19. The molecule has 3 rings (SSSR count). The molecule has 1 atom stereocenters. The van der Waals surface area contributed by atoms with Crippen molar-refractivity contribution in [1.82, 2.24) is 4.98 Å². The zero-order valence-electron chi connectivity index (χ0n) is 15.2. The van der Waals surface area contributed by atoms with Crippen molar-refractivity contribution >= 4 is 35.0 Å². The molecule has 0 aliphatic carbocycles. The number of hydrogen-bond acceptors (Lipinski definition) is 6. The molecule has 1 saturated heterocycles. The maximum Gasteiger partial charge on any atom is 0.339 e. The SMILES string of the molecule is CN(C[C@@H]1COCCO1)c1ncc(NC(=O)c2ccc(Cl)cc2)cc1C(=O)O. The van der Waals surface area contributed by atoms with Crippen LogP contribution in [0.25, 0.3) is 0 Å². The van der Waals surface area contributed by atoms with Gasteiger partial charge in [-0.25, -0.2) is 9.78 Å². The second-order valence-electron chi connectivity index (χ2n) is 6.31. The number of aromatic nitrogens is 1. The molecular formula is C19H20ClN3O5. The van der Waals surface area contributed by atoms with Crippen molar-refractivity contribution in [3.8, 4) is 0 Å². The summed E-state index contributed by atoms with van der Waals surface area (Å²) in [5.41, 5.74) is 0.664. The van der Waals surface area contributed by atoms with Crippen LogP contribution in [0.2, 0.25) is 5.02 Å². The van der Waals surface area contributed by atoms with Crippen molar-refractivity contribution in [2.45, 2.75) is 6.10 Å². The highest BCUT2D eigenvalue weighted by Gasteiger charge is 2.22. The van der Waals surface area contributed by atoms with Crippen LogP contribution < -0.4 is 10.2 Å². The lowest BCUT2D eigenvalue weighted by molar-refractivity contribution is -0.0837. The van der Waals surface area contributed by atoms with Crippen molar-refractivity contribution in [1.29, 1.82) is 0 Å². The molecule has 1 aliphatic heterocycles. The van der Waals surface area contributed by atoms with Gasteiger partial charge in [-0.15, -0.1) is 0 Å². The molecule has 8 nitrogen and oxygen atoms in total. The first-order valence-corrected chi connectivity index (χ1v) is 9.02. The minimum atomic E-state index is -1.14. The molecule has 2 N–H and O–H groups in total. The first-order chi connectivity index (χ1) is 13.4. The van der Waals surface area contributed by atoms with E-state index < -0.39 is 5.97 Å². The maximum absolute atomic E-state index is 12.3. The Bertz CT molecular complexity index is 853. The smallest absolute Gasteiger partial charge is 0.339 e. The largest absolute Gasteiger partial charge is 0.478 e. The standard InChI is InChI=1S/C19H20ClN3O5/c1-23(10-15-11-27-6-7-28-15)17-16(19(25)26)8-14(9-21-17)22-18(24)12-2-4-13(20)5-3-12/h2-5,8-9,15H,6-7,10-11H2,1H3,(H,22,24)(H,25,26)/t15-/m1/s1. The molecule has 2 aromatic rings. The van der Waals surface area contributed by atoms with Crippen molar-refractivity contribution in [2.24, 2.45) is 0 Å². The van der Waals surface area contributed by atoms with Gasteiger partial charge in [-0.3, -0.25) is 4.79 Å². The number of likely N-dealkylation sites (N-methyl/N-ethyl adjacent to an activating group) is 1. The average molecular weight is 406 g/mol. The van der Waals surface area contributed by atoms with Gasteiger partial charge in [-0.2, -0.15) is 0 Å². The highest BCUT2D eigenvalue weighted by atomic mass is 35.5. The van der Waals surface area contributed by atoms with E-state index in [0.29, 0.717) is 37.0 Å². The van der Waals surface area contributed by atoms with Crippen LogP contribution in [0.5, 0.6) is 0 Å². The molecule has 1 amide bonds. The quantitative estimate of drug-likeness (QED) is 0.761. The van der Waals surface area contributed by atoms with Crippen molar-refractivity contribution < 1.29 is 24.2 Å². The van der Waals surface area contributed by atoms with Crippen LogP contribution in [0.4, 0.5) is 11.5 Å². The summed E-state index contributed by atoms with van der Waals surface area (Å²) in [4.78, 5) is 30.0. The van der Waals surface area contributed by atoms with Crippen molar-refractivity contribution in [2.75, 3.05) is 43.6 Å². The number of carbonyl (C=O) groups excluding carboxylic acids is 1. The van der Waals surface area contributed by atoms with Gasteiger partial charge in [0.2, 0.25) is 0 Å². The first-order valence-electron chi connectivity index (χ1n) is 8.65. The molecule has 0 saturated carbocycles. The van der Waals surface area contributed by atoms with Crippen molar-refractivity contribution in [3.63, 3.8) is 0 Å². The number of carbonyl (C=O) groups is 2. The number of anilines is 2. The summed E-state index contributed by atoms with van der Waals surface area (Å²) in [7, 11) is 1.73. The van der Waals surface area contributed by atoms with Gasteiger partial charge < -0.3 is 24.8 Å². The van der Waals surface area contributed by atoms with Gasteiger partial charge >= 0.3 is 5.97 Å². The molecule has 0 radical (unpaired) electrons. The predicted octanol–water partition coefficient (Wildman–Crippen LogP) is 2.54. The van der Waals surface area contributed by atoms with E-state index in [-0.39, 0.29) is 29.1 Å². The molecule has 1 aromatic carbocycles. The molecule has 2 heterocycles. The fraction of sp³-hybridized carbons (Fsp3) is 0.316. The lowest BCUT2D eigenvalue weighted by atomic mass is 10.2. The van der Waals surface area contributed by atoms with E-state index in [9.17, 15) is 14.7 Å². The van der Waals surface area contributed by atoms with Gasteiger partial charge in [0.1, 0.15) is 11.4 Å². The monoisotopic (exact) mass is 405 g/mol. The number of carboxylic acid groups (broad SMARTS) is 1. The molecule has 148 valence electrons. The first kappa shape index (κ1) is 20.1. The minimum absolute atomic E-state index is 0.0202. The van der Waals surface area contributed by atoms with Gasteiger partial charge in [-0.1, -0.05) is 11.6 Å². The van der Waals surface area contributed by atoms with Crippen LogP contribution in [0.15, 0.2) is 36.5 Å². The molecule has 9 heteroatoms. The van der Waals surface area contributed by atoms with Crippen LogP contribution in [0.1, 0.15) is 20.7 Å². The van der Waals surface area contributed by atoms with Crippen LogP contribution in [-0.2, 0) is 9.47 Å². The fourth-order valence-corrected chi connectivity index (χ4v) is 2.95. The summed E-state index contributed by atoms with van der Waals surface area (Å²) in [6.45, 7) is 1.94. The van der Waals surface area contributed by atoms with E-state index in [2.05, 4.69) is 10.3 Å². The second-order valence-corrected chi connectivity index (χ2v) is 6.75. The molecule has 1 aliphatic rings. The predicted molar refractivity (Wildman–Crippen MR) is 104 cm³/mol. The Hall–Kier alpha value is -2.68. The Kier molecular flexibility index (Phi) is 6.45. The van der Waals surface area contributed by atoms with E-state index in [1.165, 1.54) is 12.3 Å². The van der Waals surface area contributed by atoms with Gasteiger partial charge in [0.15, 0.2) is 0 Å². The number of nitrogens with zero attached hydrogens (tertiary/aromatic N) is 2. The van der Waals surface area contributed by atoms with E-state index in [4.69, 9.17) is 21.1 Å². The van der Waals surface area contributed by atoms with E-state index in [1.54, 1.807) is 36.2 Å². The number of pyridine rings is 1. The summed E-state index contributed by atoms with van der Waals surface area (Å²) < 4.78 is 11.0. The number of rotatable bonds is 6. The Morgan fingerprint density at radius 2 is 2.07 bits per heavy atom. The third-order valence-corrected chi connectivity index (χ3v) is 4.44. The molecule has 0 unspecified atom stereocenters. The highest BCUT2D eigenvalue weighted by molar-refractivity contribution is 6.30. The molecular weight excluding hydrogens is 386 g/mol. The summed E-state index contributed by atoms with van der Waals surface area (Å²) in [5, 5.41) is 12.7. The van der Waals surface area contributed by atoms with E-state index >= 15 is 0 Å². The number of aromatic carboxylic acids is 1. The van der Waals surface area contributed by atoms with E-state index in [1.807, 2.05) is 0 Å². The van der Waals surface area contributed by atoms with Crippen LogP contribution in [0, 0.1) is 0 Å². The zero-order chi connectivity index (χ0) is 20.1. The van der Waals surface area contributed by atoms with Crippen LogP contribution in [-0.4, -0.2) is 61.5 Å². The van der Waals surface area contributed by atoms with Crippen LogP contribution in [0.3, 0.4) is 0 Å². The molecule has 0 spiro atoms. The van der Waals surface area contributed by atoms with Crippen LogP contribution >= 0.6 is 11.6 Å². The summed E-state index contributed by atoms with van der Waals surface area (Å²) in [6.07, 6.45) is 1.26. The van der Waals surface area contributed by atoms with Gasteiger partial charge in [0.25, 0.3) is 5.91 Å². The summed E-state index contributed by atoms with van der Waals surface area (Å²) >= 11 is 5.82. The number of ether oxygens (including phenoxy) is 2. The highest BCUT2D eigenvalue weighted by Crippen LogP contribution is 2.22. The Morgan fingerprint density at radius 1 is 1.32 bits per heavy atom.